The molecule has 0 aliphatic heterocycles. The van der Waals surface area contributed by atoms with Crippen molar-refractivity contribution in [3.8, 4) is 44.5 Å². The van der Waals surface area contributed by atoms with Gasteiger partial charge < -0.3 is 4.90 Å². The van der Waals surface area contributed by atoms with E-state index in [1.807, 2.05) is 0 Å². The molecule has 7 aromatic rings. The van der Waals surface area contributed by atoms with Gasteiger partial charge in [-0.3, -0.25) is 0 Å². The zero-order valence-corrected chi connectivity index (χ0v) is 30.0. The van der Waals surface area contributed by atoms with E-state index in [1.54, 1.807) is 11.1 Å². The van der Waals surface area contributed by atoms with Crippen molar-refractivity contribution in [3.63, 3.8) is 0 Å². The van der Waals surface area contributed by atoms with Gasteiger partial charge in [0.25, 0.3) is 0 Å². The molecule has 7 aromatic carbocycles. The number of hydrogen-bond donors (Lipinski definition) is 0. The maximum absolute atomic E-state index is 2.58. The van der Waals surface area contributed by atoms with E-state index in [2.05, 4.69) is 181 Å². The molecule has 4 bridgehead atoms. The van der Waals surface area contributed by atoms with E-state index < -0.39 is 0 Å². The summed E-state index contributed by atoms with van der Waals surface area (Å²) < 4.78 is 0. The first kappa shape index (κ1) is 30.9. The van der Waals surface area contributed by atoms with Gasteiger partial charge in [0.15, 0.2) is 0 Å². The molecule has 0 amide bonds. The molecule has 0 saturated heterocycles. The Morgan fingerprint density at radius 1 is 0.377 bits per heavy atom. The number of fused-ring (bicyclic) bond motifs is 3. The highest BCUT2D eigenvalue weighted by Crippen LogP contribution is 2.70. The Hall–Kier alpha value is -5.66. The predicted octanol–water partition coefficient (Wildman–Crippen LogP) is 13.9. The van der Waals surface area contributed by atoms with Gasteiger partial charge in [-0.05, 0) is 131 Å². The quantitative estimate of drug-likeness (QED) is 0.169. The highest BCUT2D eigenvalue weighted by molar-refractivity contribution is 5.99. The zero-order valence-electron chi connectivity index (χ0n) is 30.0. The molecule has 53 heavy (non-hydrogen) atoms. The van der Waals surface area contributed by atoms with Crippen molar-refractivity contribution in [1.29, 1.82) is 0 Å². The van der Waals surface area contributed by atoms with Crippen LogP contribution in [0.2, 0.25) is 0 Å². The van der Waals surface area contributed by atoms with Crippen LogP contribution < -0.4 is 4.90 Å². The van der Waals surface area contributed by atoms with Gasteiger partial charge in [0.1, 0.15) is 0 Å². The Morgan fingerprint density at radius 2 is 0.906 bits per heavy atom. The summed E-state index contributed by atoms with van der Waals surface area (Å²) in [6.07, 6.45) is 7.00. The Balaban J connectivity index is 1.16. The van der Waals surface area contributed by atoms with Crippen LogP contribution in [0.1, 0.15) is 43.2 Å². The second-order valence-corrected chi connectivity index (χ2v) is 16.1. The first-order valence-electron chi connectivity index (χ1n) is 19.7. The molecule has 0 N–H and O–H groups in total. The van der Waals surface area contributed by atoms with Crippen molar-refractivity contribution >= 4 is 17.1 Å². The normalized spacial score (nSPS) is 23.2. The number of rotatable bonds is 6. The van der Waals surface area contributed by atoms with Gasteiger partial charge in [0, 0.05) is 22.2 Å². The van der Waals surface area contributed by atoms with Gasteiger partial charge in [-0.15, -0.1) is 0 Å². The highest BCUT2D eigenvalue weighted by Gasteiger charge is 2.61. The summed E-state index contributed by atoms with van der Waals surface area (Å²) in [5.41, 5.74) is 17.2. The first-order chi connectivity index (χ1) is 26.3. The van der Waals surface area contributed by atoms with Crippen LogP contribution in [0.5, 0.6) is 0 Å². The second-order valence-electron chi connectivity index (χ2n) is 16.1. The SMILES string of the molecule is c1ccc(-c2ccc(N(c3ccc(-c4ccccc4)cc3-c3ccccc3)c3cccc4c3-c3ccccc3C43C4CC5CC(C4)CC3C5)cc2)cc1. The molecule has 0 atom stereocenters. The van der Waals surface area contributed by atoms with Gasteiger partial charge in [0.05, 0.1) is 11.4 Å². The van der Waals surface area contributed by atoms with Crippen molar-refractivity contribution in [2.24, 2.45) is 23.7 Å². The summed E-state index contributed by atoms with van der Waals surface area (Å²) in [5, 5.41) is 0. The third kappa shape index (κ3) is 4.76. The van der Waals surface area contributed by atoms with E-state index in [9.17, 15) is 0 Å². The van der Waals surface area contributed by atoms with Crippen LogP contribution in [0.25, 0.3) is 44.5 Å². The van der Waals surface area contributed by atoms with Gasteiger partial charge in [-0.25, -0.2) is 0 Å². The van der Waals surface area contributed by atoms with Crippen LogP contribution in [0.15, 0.2) is 176 Å². The van der Waals surface area contributed by atoms with Gasteiger partial charge in [-0.2, -0.15) is 0 Å². The maximum Gasteiger partial charge on any atom is 0.0543 e. The highest BCUT2D eigenvalue weighted by atomic mass is 15.1. The monoisotopic (exact) mass is 681 g/mol. The lowest BCUT2D eigenvalue weighted by Gasteiger charge is -2.61. The molecule has 1 spiro atoms. The van der Waals surface area contributed by atoms with Gasteiger partial charge >= 0.3 is 0 Å². The average molecular weight is 682 g/mol. The summed E-state index contributed by atoms with van der Waals surface area (Å²) in [5.74, 6) is 3.28. The van der Waals surface area contributed by atoms with E-state index in [4.69, 9.17) is 0 Å². The molecule has 0 unspecified atom stereocenters. The van der Waals surface area contributed by atoms with Crippen LogP contribution >= 0.6 is 0 Å². The molecule has 1 heteroatoms. The van der Waals surface area contributed by atoms with Crippen LogP contribution in [0.4, 0.5) is 17.1 Å². The Kier molecular flexibility index (Phi) is 7.12. The van der Waals surface area contributed by atoms with Gasteiger partial charge in [0.2, 0.25) is 0 Å². The number of anilines is 3. The molecule has 5 aliphatic carbocycles. The molecule has 12 rings (SSSR count). The molecule has 5 aliphatic rings. The number of hydrogen-bond acceptors (Lipinski definition) is 1. The van der Waals surface area contributed by atoms with Crippen molar-refractivity contribution in [2.45, 2.75) is 37.5 Å². The van der Waals surface area contributed by atoms with E-state index in [-0.39, 0.29) is 5.41 Å². The zero-order chi connectivity index (χ0) is 34.9. The summed E-state index contributed by atoms with van der Waals surface area (Å²) >= 11 is 0. The first-order valence-corrected chi connectivity index (χ1v) is 19.7. The van der Waals surface area contributed by atoms with Crippen LogP contribution in [0.3, 0.4) is 0 Å². The standard InChI is InChI=1S/C52H43N/c1-4-13-37(14-5-1)39-23-26-44(27-24-39)53(49-28-25-41(38-15-6-2-7-16-38)34-46(49)40-17-8-3-9-18-40)50-22-12-21-48-51(50)45-19-10-11-20-47(45)52(48)42-30-35-29-36(32-42)33-43(52)31-35/h1-28,34-36,42-43H,29-33H2. The third-order valence-electron chi connectivity index (χ3n) is 13.5. The summed E-state index contributed by atoms with van der Waals surface area (Å²) in [6, 6.07) is 65.7. The summed E-state index contributed by atoms with van der Waals surface area (Å²) in [7, 11) is 0. The predicted molar refractivity (Wildman–Crippen MR) is 221 cm³/mol. The van der Waals surface area contributed by atoms with Crippen molar-refractivity contribution < 1.29 is 0 Å². The third-order valence-corrected chi connectivity index (χ3v) is 13.5. The lowest BCUT2D eigenvalue weighted by Crippen LogP contribution is -2.55. The smallest absolute Gasteiger partial charge is 0.0543 e. The minimum Gasteiger partial charge on any atom is -0.309 e. The number of nitrogens with zero attached hydrogens (tertiary/aromatic N) is 1. The fraction of sp³-hybridized carbons (Fsp3) is 0.192. The van der Waals surface area contributed by atoms with Crippen LogP contribution in [-0.4, -0.2) is 0 Å². The fourth-order valence-corrected chi connectivity index (χ4v) is 11.6. The van der Waals surface area contributed by atoms with Crippen molar-refractivity contribution in [1.82, 2.24) is 0 Å². The molecule has 4 saturated carbocycles. The topological polar surface area (TPSA) is 3.24 Å². The Bertz CT molecular complexity index is 2420. The van der Waals surface area contributed by atoms with Crippen molar-refractivity contribution in [3.05, 3.63) is 187 Å². The minimum absolute atomic E-state index is 0.109. The largest absolute Gasteiger partial charge is 0.309 e. The van der Waals surface area contributed by atoms with Crippen LogP contribution in [-0.2, 0) is 5.41 Å². The summed E-state index contributed by atoms with van der Waals surface area (Å²) in [4.78, 5) is 2.58. The van der Waals surface area contributed by atoms with E-state index in [1.165, 1.54) is 93.7 Å². The minimum atomic E-state index is 0.109. The fourth-order valence-electron chi connectivity index (χ4n) is 11.6. The molecule has 256 valence electrons. The van der Waals surface area contributed by atoms with E-state index >= 15 is 0 Å². The van der Waals surface area contributed by atoms with Crippen molar-refractivity contribution in [2.75, 3.05) is 4.90 Å². The molecule has 4 fully saturated rings. The molecular formula is C52H43N. The number of benzene rings is 7. The molecule has 0 radical (unpaired) electrons. The average Bonchev–Trinajstić information content (AvgIpc) is 3.52. The maximum atomic E-state index is 2.58. The lowest BCUT2D eigenvalue weighted by atomic mass is 9.43. The Morgan fingerprint density at radius 3 is 1.57 bits per heavy atom. The van der Waals surface area contributed by atoms with Gasteiger partial charge in [-0.1, -0.05) is 146 Å². The second kappa shape index (κ2) is 12.2. The van der Waals surface area contributed by atoms with E-state index in [0.717, 1.165) is 23.7 Å². The molecular weight excluding hydrogens is 639 g/mol. The molecule has 0 aromatic heterocycles. The lowest BCUT2D eigenvalue weighted by molar-refractivity contribution is -0.0399. The Labute approximate surface area is 313 Å². The summed E-state index contributed by atoms with van der Waals surface area (Å²) in [6.45, 7) is 0. The molecule has 1 nitrogen and oxygen atoms in total. The molecule has 0 heterocycles. The van der Waals surface area contributed by atoms with Crippen LogP contribution in [0, 0.1) is 23.7 Å². The van der Waals surface area contributed by atoms with E-state index in [0.29, 0.717) is 0 Å².